The zero-order chi connectivity index (χ0) is 22.9. The Kier molecular flexibility index (Phi) is 6.35. The van der Waals surface area contributed by atoms with Gasteiger partial charge in [-0.3, -0.25) is 4.79 Å². The lowest BCUT2D eigenvalue weighted by Gasteiger charge is -2.45. The smallest absolute Gasteiger partial charge is 0.317 e. The van der Waals surface area contributed by atoms with Gasteiger partial charge in [-0.15, -0.1) is 11.3 Å². The van der Waals surface area contributed by atoms with Crippen molar-refractivity contribution in [3.05, 3.63) is 47.2 Å². The molecule has 0 spiro atoms. The lowest BCUT2D eigenvalue weighted by molar-refractivity contribution is -0.149. The fraction of sp³-hybridized carbons (Fsp3) is 0.458. The van der Waals surface area contributed by atoms with Crippen LogP contribution in [0.2, 0.25) is 0 Å². The van der Waals surface area contributed by atoms with Crippen LogP contribution in [0.3, 0.4) is 0 Å². The summed E-state index contributed by atoms with van der Waals surface area (Å²) >= 11 is 1.51. The van der Waals surface area contributed by atoms with Crippen molar-refractivity contribution in [3.63, 3.8) is 0 Å². The molecule has 4 rings (SSSR count). The summed E-state index contributed by atoms with van der Waals surface area (Å²) in [5, 5.41) is 16.9. The number of hydrogen-bond donors (Lipinski definition) is 2. The molecule has 3 aromatic rings. The third kappa shape index (κ3) is 3.82. The Morgan fingerprint density at radius 1 is 1.25 bits per heavy atom. The maximum Gasteiger partial charge on any atom is 0.317 e. The molecule has 32 heavy (non-hydrogen) atoms. The average Bonchev–Trinajstić information content (AvgIpc) is 3.27. The van der Waals surface area contributed by atoms with E-state index in [4.69, 9.17) is 9.47 Å². The second-order valence-electron chi connectivity index (χ2n) is 8.51. The lowest BCUT2D eigenvalue weighted by Crippen LogP contribution is -2.55. The fourth-order valence-corrected chi connectivity index (χ4v) is 5.62. The predicted octanol–water partition coefficient (Wildman–Crippen LogP) is 4.26. The van der Waals surface area contributed by atoms with Gasteiger partial charge in [-0.2, -0.15) is 0 Å². The van der Waals surface area contributed by atoms with Gasteiger partial charge in [0.2, 0.25) is 0 Å². The monoisotopic (exact) mass is 455 g/mol. The summed E-state index contributed by atoms with van der Waals surface area (Å²) in [6.45, 7) is 4.81. The number of nitrogens with one attached hydrogen (secondary N) is 1. The highest BCUT2D eigenvalue weighted by Crippen LogP contribution is 2.46. The van der Waals surface area contributed by atoms with Gasteiger partial charge in [0.05, 0.1) is 14.2 Å². The molecule has 0 bridgehead atoms. The second-order valence-corrected chi connectivity index (χ2v) is 9.41. The van der Waals surface area contributed by atoms with Crippen molar-refractivity contribution in [2.24, 2.45) is 11.8 Å². The Labute approximate surface area is 191 Å². The van der Waals surface area contributed by atoms with E-state index in [1.165, 1.54) is 11.3 Å². The number of ether oxygens (including phenoxy) is 2. The number of fused-ring (bicyclic) bond motifs is 1. The molecule has 2 heterocycles. The molecule has 1 aromatic carbocycles. The normalized spacial score (nSPS) is 25.6. The summed E-state index contributed by atoms with van der Waals surface area (Å²) in [4.78, 5) is 22.6. The van der Waals surface area contributed by atoms with Crippen LogP contribution >= 0.6 is 11.3 Å². The van der Waals surface area contributed by atoms with Crippen molar-refractivity contribution >= 4 is 27.5 Å². The molecule has 0 saturated heterocycles. The van der Waals surface area contributed by atoms with Gasteiger partial charge in [-0.05, 0) is 53.8 Å². The molecule has 4 unspecified atom stereocenters. The molecule has 7 nitrogen and oxygen atoms in total. The van der Waals surface area contributed by atoms with Crippen LogP contribution in [0.25, 0.3) is 10.2 Å². The van der Waals surface area contributed by atoms with Gasteiger partial charge in [0, 0.05) is 24.2 Å². The number of methoxy groups -OCH3 is 2. The van der Waals surface area contributed by atoms with E-state index in [-0.39, 0.29) is 17.9 Å². The van der Waals surface area contributed by atoms with Crippen LogP contribution in [0.5, 0.6) is 11.5 Å². The fourth-order valence-electron chi connectivity index (χ4n) is 4.88. The van der Waals surface area contributed by atoms with Crippen LogP contribution in [0.15, 0.2) is 35.8 Å². The molecule has 2 N–H and O–H groups in total. The highest BCUT2D eigenvalue weighted by atomic mass is 32.1. The summed E-state index contributed by atoms with van der Waals surface area (Å²) in [5.41, 5.74) is 0.00287. The zero-order valence-corrected chi connectivity index (χ0v) is 19.6. The third-order valence-corrected chi connectivity index (χ3v) is 7.88. The summed E-state index contributed by atoms with van der Waals surface area (Å²) in [6, 6.07) is 8.02. The van der Waals surface area contributed by atoms with Crippen LogP contribution in [0, 0.1) is 11.8 Å². The van der Waals surface area contributed by atoms with Gasteiger partial charge < -0.3 is 19.9 Å². The summed E-state index contributed by atoms with van der Waals surface area (Å²) in [7, 11) is 3.25. The zero-order valence-electron chi connectivity index (χ0n) is 18.8. The number of benzene rings is 1. The third-order valence-electron chi connectivity index (χ3n) is 7.05. The molecule has 170 valence electrons. The molecule has 8 heteroatoms. The largest absolute Gasteiger partial charge is 0.493 e. The molecule has 4 atom stereocenters. The summed E-state index contributed by atoms with van der Waals surface area (Å²) < 4.78 is 10.7. The van der Waals surface area contributed by atoms with Crippen LogP contribution < -0.4 is 14.8 Å². The molecule has 1 aliphatic carbocycles. The average molecular weight is 456 g/mol. The SMILES string of the molecule is COc1ccc(CNC2CCC(C(=O)O)(c3ncc4ccsc4n3)C(C)C2C)cc1OC. The summed E-state index contributed by atoms with van der Waals surface area (Å²) in [5.74, 6) is 0.980. The van der Waals surface area contributed by atoms with Crippen molar-refractivity contribution in [2.45, 2.75) is 44.7 Å². The van der Waals surface area contributed by atoms with E-state index < -0.39 is 11.4 Å². The molecule has 0 aliphatic heterocycles. The van der Waals surface area contributed by atoms with Crippen molar-refractivity contribution in [2.75, 3.05) is 14.2 Å². The molecule has 1 aliphatic rings. The van der Waals surface area contributed by atoms with E-state index in [9.17, 15) is 9.90 Å². The molecule has 0 amide bonds. The van der Waals surface area contributed by atoms with Gasteiger partial charge in [0.1, 0.15) is 16.1 Å². The minimum atomic E-state index is -1.08. The first kappa shape index (κ1) is 22.5. The highest BCUT2D eigenvalue weighted by Gasteiger charge is 2.53. The number of rotatable bonds is 7. The van der Waals surface area contributed by atoms with E-state index >= 15 is 0 Å². The number of aromatic nitrogens is 2. The van der Waals surface area contributed by atoms with Gasteiger partial charge >= 0.3 is 5.97 Å². The Bertz CT molecular complexity index is 1120. The van der Waals surface area contributed by atoms with E-state index in [1.54, 1.807) is 20.4 Å². The molecular formula is C24H29N3O4S. The molecule has 2 aromatic heterocycles. The maximum absolute atomic E-state index is 12.6. The Balaban J connectivity index is 1.53. The number of carbonyl (C=O) groups is 1. The first-order chi connectivity index (χ1) is 15.4. The van der Waals surface area contributed by atoms with Gasteiger partial charge in [-0.1, -0.05) is 19.9 Å². The number of hydrogen-bond acceptors (Lipinski definition) is 7. The molecule has 0 radical (unpaired) electrons. The van der Waals surface area contributed by atoms with Gasteiger partial charge in [0.25, 0.3) is 0 Å². The van der Waals surface area contributed by atoms with E-state index in [0.29, 0.717) is 30.3 Å². The predicted molar refractivity (Wildman–Crippen MR) is 124 cm³/mol. The number of carboxylic acid groups (broad SMARTS) is 1. The van der Waals surface area contributed by atoms with Crippen molar-refractivity contribution in [3.8, 4) is 11.5 Å². The Hall–Kier alpha value is -2.71. The minimum Gasteiger partial charge on any atom is -0.493 e. The number of nitrogens with zero attached hydrogens (tertiary/aromatic N) is 2. The van der Waals surface area contributed by atoms with Crippen LogP contribution in [0.4, 0.5) is 0 Å². The van der Waals surface area contributed by atoms with Crippen molar-refractivity contribution in [1.82, 2.24) is 15.3 Å². The molecule has 1 saturated carbocycles. The summed E-state index contributed by atoms with van der Waals surface area (Å²) in [6.07, 6.45) is 2.98. The lowest BCUT2D eigenvalue weighted by atomic mass is 9.60. The first-order valence-corrected chi connectivity index (χ1v) is 11.7. The molecular weight excluding hydrogens is 426 g/mol. The van der Waals surface area contributed by atoms with Crippen molar-refractivity contribution < 1.29 is 19.4 Å². The van der Waals surface area contributed by atoms with E-state index in [1.807, 2.05) is 36.6 Å². The molecule has 1 fully saturated rings. The van der Waals surface area contributed by atoms with Crippen molar-refractivity contribution in [1.29, 1.82) is 0 Å². The standard InChI is InChI=1S/C24H29N3O4S/c1-14-15(2)24(23(28)29,22-26-13-17-8-10-32-21(17)27-22)9-7-18(14)25-12-16-5-6-19(30-3)20(11-16)31-4/h5-6,8,10-11,13-15,18,25H,7,9,12H2,1-4H3,(H,28,29). The van der Waals surface area contributed by atoms with E-state index in [0.717, 1.165) is 22.2 Å². The Morgan fingerprint density at radius 3 is 2.75 bits per heavy atom. The highest BCUT2D eigenvalue weighted by molar-refractivity contribution is 7.16. The number of thiophene rings is 1. The number of aliphatic carboxylic acids is 1. The van der Waals surface area contributed by atoms with Crippen LogP contribution in [-0.2, 0) is 16.8 Å². The number of carboxylic acids is 1. The van der Waals surface area contributed by atoms with E-state index in [2.05, 4.69) is 22.2 Å². The Morgan fingerprint density at radius 2 is 2.03 bits per heavy atom. The van der Waals surface area contributed by atoms with Gasteiger partial charge in [0.15, 0.2) is 11.5 Å². The van der Waals surface area contributed by atoms with Crippen LogP contribution in [0.1, 0.15) is 38.1 Å². The maximum atomic E-state index is 12.6. The topological polar surface area (TPSA) is 93.6 Å². The van der Waals surface area contributed by atoms with Crippen LogP contribution in [-0.4, -0.2) is 41.3 Å². The van der Waals surface area contributed by atoms with Gasteiger partial charge in [-0.25, -0.2) is 9.97 Å². The second kappa shape index (κ2) is 9.03. The quantitative estimate of drug-likeness (QED) is 0.550. The first-order valence-electron chi connectivity index (χ1n) is 10.8. The minimum absolute atomic E-state index is 0.127.